The van der Waals surface area contributed by atoms with Gasteiger partial charge in [-0.1, -0.05) is 59.4 Å². The topological polar surface area (TPSA) is 20.2 Å². The van der Waals surface area contributed by atoms with Gasteiger partial charge in [-0.15, -0.1) is 5.54 Å². The summed E-state index contributed by atoms with van der Waals surface area (Å²) in [6.07, 6.45) is 0. The van der Waals surface area contributed by atoms with Crippen LogP contribution >= 0.6 is 0 Å². The lowest BCUT2D eigenvalue weighted by Gasteiger charge is -2.32. The van der Waals surface area contributed by atoms with Crippen LogP contribution in [0.2, 0.25) is 37.8 Å². The molecule has 0 heterocycles. The Balaban J connectivity index is 4.82. The third-order valence-corrected chi connectivity index (χ3v) is 9.52. The van der Waals surface area contributed by atoms with Gasteiger partial charge >= 0.3 is 0 Å². The van der Waals surface area contributed by atoms with Gasteiger partial charge in [0.05, 0.1) is 8.07 Å². The number of hydrogen-bond acceptors (Lipinski definition) is 1. The highest BCUT2D eigenvalue weighted by Crippen LogP contribution is 2.35. The first-order chi connectivity index (χ1) is 6.38. The predicted octanol–water partition coefficient (Wildman–Crippen LogP) is 3.28. The highest BCUT2D eigenvalue weighted by Gasteiger charge is 2.34. The fraction of sp³-hybridized carbons (Fsp3) is 0.833. The van der Waals surface area contributed by atoms with E-state index >= 15 is 0 Å². The Kier molecular flexibility index (Phi) is 4.43. The lowest BCUT2D eigenvalue weighted by Crippen LogP contribution is -2.39. The monoisotopic (exact) mass is 242 g/mol. The molecule has 0 aromatic carbocycles. The van der Waals surface area contributed by atoms with E-state index in [4.69, 9.17) is 0 Å². The molecule has 0 rings (SSSR count). The molecule has 0 saturated carbocycles. The maximum atomic E-state index is 9.93. The Morgan fingerprint density at radius 2 is 1.40 bits per heavy atom. The van der Waals surface area contributed by atoms with Gasteiger partial charge in [0.25, 0.3) is 0 Å². The molecule has 88 valence electrons. The lowest BCUT2D eigenvalue weighted by atomic mass is 10.2. The van der Waals surface area contributed by atoms with E-state index in [2.05, 4.69) is 65.0 Å². The van der Waals surface area contributed by atoms with Crippen LogP contribution in [0.1, 0.15) is 20.8 Å². The molecule has 0 spiro atoms. The SMILES string of the molecule is CC(C)(C)[Si](C)(C)C#CC(O)[Si](C)(C)C. The Morgan fingerprint density at radius 1 is 1.00 bits per heavy atom. The molecule has 0 aromatic heterocycles. The molecule has 0 aliphatic carbocycles. The van der Waals surface area contributed by atoms with Gasteiger partial charge in [0.15, 0.2) is 0 Å². The van der Waals surface area contributed by atoms with Crippen molar-refractivity contribution < 1.29 is 5.11 Å². The van der Waals surface area contributed by atoms with Crippen LogP contribution < -0.4 is 0 Å². The molecular weight excluding hydrogens is 216 g/mol. The number of hydrogen-bond donors (Lipinski definition) is 1. The van der Waals surface area contributed by atoms with Gasteiger partial charge in [0.2, 0.25) is 0 Å². The van der Waals surface area contributed by atoms with Crippen molar-refractivity contribution in [3.05, 3.63) is 0 Å². The zero-order chi connectivity index (χ0) is 12.5. The second-order valence-electron chi connectivity index (χ2n) is 6.91. The van der Waals surface area contributed by atoms with Crippen molar-refractivity contribution in [2.75, 3.05) is 0 Å². The third-order valence-electron chi connectivity index (χ3n) is 3.22. The van der Waals surface area contributed by atoms with Gasteiger partial charge in [-0.05, 0) is 5.04 Å². The molecule has 0 fully saturated rings. The molecule has 0 aliphatic heterocycles. The molecule has 15 heavy (non-hydrogen) atoms. The minimum absolute atomic E-state index is 0.277. The molecule has 0 radical (unpaired) electrons. The zero-order valence-electron chi connectivity index (χ0n) is 11.5. The first-order valence-corrected chi connectivity index (χ1v) is 12.2. The minimum atomic E-state index is -1.55. The quantitative estimate of drug-likeness (QED) is 0.553. The molecule has 1 nitrogen and oxygen atoms in total. The van der Waals surface area contributed by atoms with Crippen molar-refractivity contribution in [2.24, 2.45) is 0 Å². The van der Waals surface area contributed by atoms with Crippen molar-refractivity contribution >= 4 is 16.1 Å². The molecule has 0 aliphatic rings. The summed E-state index contributed by atoms with van der Waals surface area (Å²) in [5.41, 5.74) is 3.00. The van der Waals surface area contributed by atoms with E-state index in [1.807, 2.05) is 0 Å². The van der Waals surface area contributed by atoms with Crippen molar-refractivity contribution in [3.8, 4) is 11.5 Å². The van der Waals surface area contributed by atoms with E-state index in [9.17, 15) is 5.11 Å². The second kappa shape index (κ2) is 4.44. The average Bonchev–Trinajstić information content (AvgIpc) is 1.96. The lowest BCUT2D eigenvalue weighted by molar-refractivity contribution is 0.300. The Bertz CT molecular complexity index is 271. The second-order valence-corrected chi connectivity index (χ2v) is 17.2. The molecule has 3 heteroatoms. The Hall–Kier alpha value is -0.0462. The standard InChI is InChI=1S/C12H26OSi2/c1-12(2,3)15(7,8)10-9-11(13)14(4,5)6/h11,13H,1-8H3. The summed E-state index contributed by atoms with van der Waals surface area (Å²) in [4.78, 5) is 0. The van der Waals surface area contributed by atoms with Crippen LogP contribution in [0, 0.1) is 11.5 Å². The molecular formula is C12H26OSi2. The van der Waals surface area contributed by atoms with E-state index in [0.717, 1.165) is 0 Å². The van der Waals surface area contributed by atoms with Crippen LogP contribution in [0.3, 0.4) is 0 Å². The maximum Gasteiger partial charge on any atom is 0.137 e. The summed E-state index contributed by atoms with van der Waals surface area (Å²) in [5.74, 6) is 3.10. The zero-order valence-corrected chi connectivity index (χ0v) is 13.5. The van der Waals surface area contributed by atoms with Crippen molar-refractivity contribution in [1.82, 2.24) is 0 Å². The number of rotatable bonds is 1. The number of aliphatic hydroxyl groups excluding tert-OH is 1. The summed E-state index contributed by atoms with van der Waals surface area (Å²) >= 11 is 0. The molecule has 1 unspecified atom stereocenters. The van der Waals surface area contributed by atoms with Gasteiger partial charge in [0.1, 0.15) is 13.8 Å². The van der Waals surface area contributed by atoms with Gasteiger partial charge in [-0.3, -0.25) is 0 Å². The van der Waals surface area contributed by atoms with Crippen LogP contribution in [0.4, 0.5) is 0 Å². The average molecular weight is 243 g/mol. The van der Waals surface area contributed by atoms with Crippen molar-refractivity contribution in [3.63, 3.8) is 0 Å². The van der Waals surface area contributed by atoms with Gasteiger partial charge in [-0.25, -0.2) is 0 Å². The molecule has 0 amide bonds. The van der Waals surface area contributed by atoms with E-state index < -0.39 is 16.1 Å². The third kappa shape index (κ3) is 4.54. The van der Waals surface area contributed by atoms with Crippen LogP contribution in [-0.2, 0) is 0 Å². The highest BCUT2D eigenvalue weighted by molar-refractivity contribution is 6.87. The Morgan fingerprint density at radius 3 is 1.67 bits per heavy atom. The predicted molar refractivity (Wildman–Crippen MR) is 74.3 cm³/mol. The van der Waals surface area contributed by atoms with Crippen LogP contribution in [0.25, 0.3) is 0 Å². The summed E-state index contributed by atoms with van der Waals surface area (Å²) in [6, 6.07) is 0. The maximum absolute atomic E-state index is 9.93. The normalized spacial score (nSPS) is 15.5. The van der Waals surface area contributed by atoms with Crippen LogP contribution in [-0.4, -0.2) is 27.0 Å². The van der Waals surface area contributed by atoms with E-state index in [0.29, 0.717) is 0 Å². The summed E-state index contributed by atoms with van der Waals surface area (Å²) in [7, 11) is -3.06. The van der Waals surface area contributed by atoms with Gasteiger partial charge < -0.3 is 5.11 Å². The highest BCUT2D eigenvalue weighted by atomic mass is 28.3. The van der Waals surface area contributed by atoms with Crippen molar-refractivity contribution in [1.29, 1.82) is 0 Å². The summed E-state index contributed by atoms with van der Waals surface area (Å²) in [6.45, 7) is 17.7. The molecule has 0 saturated heterocycles. The molecule has 1 N–H and O–H groups in total. The smallest absolute Gasteiger partial charge is 0.137 e. The summed E-state index contributed by atoms with van der Waals surface area (Å²) < 4.78 is 0. The van der Waals surface area contributed by atoms with Crippen molar-refractivity contribution in [2.45, 2.75) is 64.3 Å². The largest absolute Gasteiger partial charge is 0.384 e. The minimum Gasteiger partial charge on any atom is -0.384 e. The fourth-order valence-corrected chi connectivity index (χ4v) is 2.17. The first kappa shape index (κ1) is 15.0. The van der Waals surface area contributed by atoms with Gasteiger partial charge in [0, 0.05) is 0 Å². The molecule has 1 atom stereocenters. The van der Waals surface area contributed by atoms with Crippen LogP contribution in [0.15, 0.2) is 0 Å². The molecule has 0 bridgehead atoms. The van der Waals surface area contributed by atoms with Crippen LogP contribution in [0.5, 0.6) is 0 Å². The van der Waals surface area contributed by atoms with Gasteiger partial charge in [-0.2, -0.15) is 0 Å². The Labute approximate surface area is 97.3 Å². The van der Waals surface area contributed by atoms with E-state index in [1.54, 1.807) is 0 Å². The molecule has 0 aromatic rings. The fourth-order valence-electron chi connectivity index (χ4n) is 0.653. The van der Waals surface area contributed by atoms with E-state index in [-0.39, 0.29) is 10.8 Å². The summed E-state index contributed by atoms with van der Waals surface area (Å²) in [5, 5.41) is 10.2. The number of aliphatic hydroxyl groups is 1. The first-order valence-electron chi connectivity index (χ1n) is 5.59. The van der Waals surface area contributed by atoms with E-state index in [1.165, 1.54) is 0 Å².